The first-order valence-electron chi connectivity index (χ1n) is 6.00. The summed E-state index contributed by atoms with van der Waals surface area (Å²) in [6, 6.07) is 4.37. The van der Waals surface area contributed by atoms with Gasteiger partial charge in [0.2, 0.25) is 0 Å². The third-order valence-electron chi connectivity index (χ3n) is 2.79. The average Bonchev–Trinajstić information content (AvgIpc) is 2.20. The summed E-state index contributed by atoms with van der Waals surface area (Å²) in [7, 11) is 0. The monoisotopic (exact) mass is 257 g/mol. The number of rotatable bonds is 4. The third-order valence-corrected chi connectivity index (χ3v) is 2.79. The van der Waals surface area contributed by atoms with E-state index in [-0.39, 0.29) is 18.4 Å². The van der Waals surface area contributed by atoms with Crippen LogP contribution in [0.5, 0.6) is 5.75 Å². The number of hydrogen-bond donors (Lipinski definition) is 1. The molecule has 0 heterocycles. The summed E-state index contributed by atoms with van der Waals surface area (Å²) in [6.45, 7) is 11.2. The zero-order valence-electron chi connectivity index (χ0n) is 11.4. The lowest BCUT2D eigenvalue weighted by Crippen LogP contribution is -2.10. The van der Waals surface area contributed by atoms with E-state index in [0.717, 1.165) is 5.75 Å². The molecule has 0 amide bonds. The lowest BCUT2D eigenvalue weighted by molar-refractivity contribution is 0.337. The second kappa shape index (κ2) is 6.87. The molecular weight excluding hydrogens is 234 g/mol. The Balaban J connectivity index is 0.00000256. The van der Waals surface area contributed by atoms with Gasteiger partial charge in [-0.15, -0.1) is 12.4 Å². The zero-order valence-corrected chi connectivity index (χ0v) is 12.2. The molecule has 0 fully saturated rings. The molecule has 1 unspecified atom stereocenters. The predicted octanol–water partition coefficient (Wildman–Crippen LogP) is 3.96. The minimum Gasteiger partial charge on any atom is -0.494 e. The Kier molecular flexibility index (Phi) is 6.58. The van der Waals surface area contributed by atoms with Crippen LogP contribution >= 0.6 is 12.4 Å². The molecule has 17 heavy (non-hydrogen) atoms. The fourth-order valence-corrected chi connectivity index (χ4v) is 1.93. The Morgan fingerprint density at radius 2 is 1.76 bits per heavy atom. The first-order valence-corrected chi connectivity index (χ1v) is 6.00. The molecule has 0 aromatic heterocycles. The topological polar surface area (TPSA) is 35.2 Å². The van der Waals surface area contributed by atoms with Gasteiger partial charge in [0.15, 0.2) is 0 Å². The van der Waals surface area contributed by atoms with Gasteiger partial charge >= 0.3 is 0 Å². The van der Waals surface area contributed by atoms with Gasteiger partial charge in [0.1, 0.15) is 5.75 Å². The van der Waals surface area contributed by atoms with Crippen LogP contribution in [0.25, 0.3) is 0 Å². The van der Waals surface area contributed by atoms with Crippen LogP contribution in [0.1, 0.15) is 56.3 Å². The van der Waals surface area contributed by atoms with E-state index in [9.17, 15) is 0 Å². The summed E-state index contributed by atoms with van der Waals surface area (Å²) >= 11 is 0. The number of aryl methyl sites for hydroxylation is 1. The molecular formula is C14H24ClNO. The average molecular weight is 258 g/mol. The molecule has 1 rings (SSSR count). The summed E-state index contributed by atoms with van der Waals surface area (Å²) in [5, 5.41) is 0. The summed E-state index contributed by atoms with van der Waals surface area (Å²) in [4.78, 5) is 0. The molecule has 0 aliphatic heterocycles. The van der Waals surface area contributed by atoms with E-state index in [1.54, 1.807) is 0 Å². The Hall–Kier alpha value is -0.730. The van der Waals surface area contributed by atoms with E-state index in [1.807, 2.05) is 13.8 Å². The van der Waals surface area contributed by atoms with Gasteiger partial charge in [0.05, 0.1) is 6.61 Å². The van der Waals surface area contributed by atoms with Crippen LogP contribution < -0.4 is 10.5 Å². The molecule has 0 radical (unpaired) electrons. The van der Waals surface area contributed by atoms with E-state index in [4.69, 9.17) is 10.5 Å². The lowest BCUT2D eigenvalue weighted by Gasteiger charge is -2.19. The second-order valence-corrected chi connectivity index (χ2v) is 4.62. The number of nitrogens with two attached hydrogens (primary N) is 1. The van der Waals surface area contributed by atoms with Gasteiger partial charge in [-0.25, -0.2) is 0 Å². The highest BCUT2D eigenvalue weighted by Crippen LogP contribution is 2.31. The largest absolute Gasteiger partial charge is 0.494 e. The van der Waals surface area contributed by atoms with Crippen molar-refractivity contribution in [1.82, 2.24) is 0 Å². The van der Waals surface area contributed by atoms with Gasteiger partial charge in [-0.2, -0.15) is 0 Å². The van der Waals surface area contributed by atoms with Crippen molar-refractivity contribution in [2.24, 2.45) is 5.73 Å². The molecule has 0 aliphatic carbocycles. The van der Waals surface area contributed by atoms with E-state index < -0.39 is 0 Å². The molecule has 98 valence electrons. The standard InChI is InChI=1S/C14H23NO.ClH/c1-6-16-14-8-12(9(2)3)13(11(5)15)7-10(14)4;/h7-9,11H,6,15H2,1-5H3;1H. The first-order chi connectivity index (χ1) is 7.47. The zero-order chi connectivity index (χ0) is 12.3. The molecule has 0 saturated heterocycles. The van der Waals surface area contributed by atoms with Gasteiger partial charge in [-0.05, 0) is 49.4 Å². The normalized spacial score (nSPS) is 12.2. The minimum absolute atomic E-state index is 0. The van der Waals surface area contributed by atoms with Crippen molar-refractivity contribution in [3.63, 3.8) is 0 Å². The SMILES string of the molecule is CCOc1cc(C(C)C)c(C(C)N)cc1C.Cl. The van der Waals surface area contributed by atoms with Crippen molar-refractivity contribution in [1.29, 1.82) is 0 Å². The number of ether oxygens (including phenoxy) is 1. The highest BCUT2D eigenvalue weighted by molar-refractivity contribution is 5.85. The Morgan fingerprint density at radius 3 is 2.18 bits per heavy atom. The minimum atomic E-state index is 0. The van der Waals surface area contributed by atoms with Crippen LogP contribution in [0.2, 0.25) is 0 Å². The molecule has 0 bridgehead atoms. The number of hydrogen-bond acceptors (Lipinski definition) is 2. The Bertz CT molecular complexity index is 361. The Morgan fingerprint density at radius 1 is 1.18 bits per heavy atom. The van der Waals surface area contributed by atoms with Crippen LogP contribution in [0.4, 0.5) is 0 Å². The molecule has 1 atom stereocenters. The number of benzene rings is 1. The van der Waals surface area contributed by atoms with E-state index in [0.29, 0.717) is 12.5 Å². The maximum atomic E-state index is 6.00. The van der Waals surface area contributed by atoms with E-state index in [1.165, 1.54) is 16.7 Å². The first kappa shape index (κ1) is 16.3. The van der Waals surface area contributed by atoms with Crippen LogP contribution in [-0.4, -0.2) is 6.61 Å². The Labute approximate surface area is 111 Å². The summed E-state index contributed by atoms with van der Waals surface area (Å²) < 4.78 is 5.62. The van der Waals surface area contributed by atoms with Crippen LogP contribution in [0.15, 0.2) is 12.1 Å². The molecule has 2 nitrogen and oxygen atoms in total. The van der Waals surface area contributed by atoms with Crippen LogP contribution in [0.3, 0.4) is 0 Å². The van der Waals surface area contributed by atoms with Crippen molar-refractivity contribution in [2.45, 2.75) is 46.6 Å². The van der Waals surface area contributed by atoms with E-state index >= 15 is 0 Å². The quantitative estimate of drug-likeness (QED) is 0.886. The lowest BCUT2D eigenvalue weighted by atomic mass is 9.91. The second-order valence-electron chi connectivity index (χ2n) is 4.62. The van der Waals surface area contributed by atoms with Crippen molar-refractivity contribution in [2.75, 3.05) is 6.61 Å². The molecule has 0 spiro atoms. The molecule has 0 aliphatic rings. The van der Waals surface area contributed by atoms with Gasteiger partial charge in [0, 0.05) is 6.04 Å². The van der Waals surface area contributed by atoms with Gasteiger partial charge in [0.25, 0.3) is 0 Å². The van der Waals surface area contributed by atoms with Gasteiger partial charge in [-0.1, -0.05) is 19.9 Å². The smallest absolute Gasteiger partial charge is 0.122 e. The van der Waals surface area contributed by atoms with Crippen molar-refractivity contribution >= 4 is 12.4 Å². The third kappa shape index (κ3) is 3.90. The highest BCUT2D eigenvalue weighted by atomic mass is 35.5. The summed E-state index contributed by atoms with van der Waals surface area (Å²) in [6.07, 6.45) is 0. The van der Waals surface area contributed by atoms with Gasteiger partial charge < -0.3 is 10.5 Å². The maximum Gasteiger partial charge on any atom is 0.122 e. The molecule has 1 aromatic carbocycles. The number of halogens is 1. The maximum absolute atomic E-state index is 6.00. The van der Waals surface area contributed by atoms with Crippen molar-refractivity contribution < 1.29 is 4.74 Å². The predicted molar refractivity (Wildman–Crippen MR) is 76.3 cm³/mol. The molecule has 0 saturated carbocycles. The van der Waals surface area contributed by atoms with Gasteiger partial charge in [-0.3, -0.25) is 0 Å². The fourth-order valence-electron chi connectivity index (χ4n) is 1.93. The van der Waals surface area contributed by atoms with Crippen molar-refractivity contribution in [3.05, 3.63) is 28.8 Å². The fraction of sp³-hybridized carbons (Fsp3) is 0.571. The molecule has 2 N–H and O–H groups in total. The molecule has 1 aromatic rings. The van der Waals surface area contributed by atoms with Crippen LogP contribution in [-0.2, 0) is 0 Å². The molecule has 3 heteroatoms. The summed E-state index contributed by atoms with van der Waals surface area (Å²) in [5.74, 6) is 1.46. The van der Waals surface area contributed by atoms with Crippen molar-refractivity contribution in [3.8, 4) is 5.75 Å². The summed E-state index contributed by atoms with van der Waals surface area (Å²) in [5.41, 5.74) is 9.70. The highest BCUT2D eigenvalue weighted by Gasteiger charge is 2.13. The van der Waals surface area contributed by atoms with Crippen LogP contribution in [0, 0.1) is 6.92 Å². The van der Waals surface area contributed by atoms with E-state index in [2.05, 4.69) is 32.9 Å².